The second kappa shape index (κ2) is 3.11. The fourth-order valence-corrected chi connectivity index (χ4v) is 1.91. The number of rotatable bonds is 0. The Bertz CT molecular complexity index is 347. The molecule has 0 atom stereocenters. The predicted octanol–water partition coefficient (Wildman–Crippen LogP) is 2.68. The molecule has 0 amide bonds. The summed E-state index contributed by atoms with van der Waals surface area (Å²) in [7, 11) is 0. The van der Waals surface area contributed by atoms with E-state index in [1.807, 2.05) is 13.0 Å². The van der Waals surface area contributed by atoms with Gasteiger partial charge in [-0.3, -0.25) is 0 Å². The molecule has 0 bridgehead atoms. The van der Waals surface area contributed by atoms with Crippen molar-refractivity contribution in [2.75, 3.05) is 6.61 Å². The average Bonchev–Trinajstić information content (AvgIpc) is 2.15. The van der Waals surface area contributed by atoms with Gasteiger partial charge in [-0.05, 0) is 31.4 Å². The minimum Gasteiger partial charge on any atom is -0.506 e. The Hall–Kier alpha value is -0.890. The third kappa shape index (κ3) is 1.35. The Labute approximate surface area is 82.1 Å². The number of phenolic OH excluding ortho intramolecular Hbond substituents is 1. The lowest BCUT2D eigenvalue weighted by Gasteiger charge is -2.19. The number of phenols is 1. The number of hydrogen-bond acceptors (Lipinski definition) is 2. The molecule has 0 saturated heterocycles. The van der Waals surface area contributed by atoms with Crippen LogP contribution < -0.4 is 4.74 Å². The maximum Gasteiger partial charge on any atom is 0.137 e. The van der Waals surface area contributed by atoms with E-state index < -0.39 is 0 Å². The van der Waals surface area contributed by atoms with Crippen molar-refractivity contribution >= 4 is 11.6 Å². The van der Waals surface area contributed by atoms with Crippen LogP contribution in [0.15, 0.2) is 6.07 Å². The molecule has 1 aromatic rings. The van der Waals surface area contributed by atoms with E-state index in [4.69, 9.17) is 16.3 Å². The van der Waals surface area contributed by atoms with Gasteiger partial charge in [0.25, 0.3) is 0 Å². The van der Waals surface area contributed by atoms with Gasteiger partial charge in [-0.15, -0.1) is 0 Å². The van der Waals surface area contributed by atoms with Crippen LogP contribution in [-0.2, 0) is 6.42 Å². The molecule has 0 saturated carbocycles. The molecule has 0 radical (unpaired) electrons. The third-order valence-electron chi connectivity index (χ3n) is 2.32. The molecule has 2 nitrogen and oxygen atoms in total. The highest BCUT2D eigenvalue weighted by atomic mass is 35.5. The molecule has 0 spiro atoms. The van der Waals surface area contributed by atoms with Gasteiger partial charge < -0.3 is 9.84 Å². The lowest BCUT2D eigenvalue weighted by Crippen LogP contribution is -2.09. The molecule has 1 N–H and O–H groups in total. The van der Waals surface area contributed by atoms with Crippen molar-refractivity contribution < 1.29 is 9.84 Å². The summed E-state index contributed by atoms with van der Waals surface area (Å²) >= 11 is 5.99. The summed E-state index contributed by atoms with van der Waals surface area (Å²) in [6, 6.07) is 1.84. The zero-order valence-electron chi connectivity index (χ0n) is 7.43. The number of halogens is 1. The van der Waals surface area contributed by atoms with E-state index >= 15 is 0 Å². The molecular formula is C10H11ClO2. The van der Waals surface area contributed by atoms with E-state index in [0.717, 1.165) is 36.3 Å². The Kier molecular flexibility index (Phi) is 2.08. The number of ether oxygens (including phenoxy) is 1. The van der Waals surface area contributed by atoms with Crippen LogP contribution in [0.25, 0.3) is 0 Å². The van der Waals surface area contributed by atoms with Gasteiger partial charge in [0, 0.05) is 5.56 Å². The Morgan fingerprint density at radius 1 is 1.54 bits per heavy atom. The lowest BCUT2D eigenvalue weighted by atomic mass is 10.0. The first-order chi connectivity index (χ1) is 6.20. The standard InChI is InChI=1S/C10H11ClO2/c1-6-5-8-7(3-2-4-13-8)9(11)10(6)12/h5,12H,2-4H2,1H3. The SMILES string of the molecule is Cc1cc2c(c(Cl)c1O)CCCO2. The van der Waals surface area contributed by atoms with Crippen molar-refractivity contribution in [3.8, 4) is 11.5 Å². The second-order valence-electron chi connectivity index (χ2n) is 3.28. The van der Waals surface area contributed by atoms with Crippen LogP contribution in [0.2, 0.25) is 5.02 Å². The first kappa shape index (κ1) is 8.70. The Morgan fingerprint density at radius 2 is 2.31 bits per heavy atom. The van der Waals surface area contributed by atoms with Crippen molar-refractivity contribution in [1.82, 2.24) is 0 Å². The van der Waals surface area contributed by atoms with E-state index in [1.165, 1.54) is 0 Å². The summed E-state index contributed by atoms with van der Waals surface area (Å²) in [4.78, 5) is 0. The molecule has 0 aromatic heterocycles. The van der Waals surface area contributed by atoms with Gasteiger partial charge >= 0.3 is 0 Å². The molecule has 1 aliphatic heterocycles. The minimum absolute atomic E-state index is 0.186. The van der Waals surface area contributed by atoms with Gasteiger partial charge in [-0.25, -0.2) is 0 Å². The van der Waals surface area contributed by atoms with Gasteiger partial charge in [0.2, 0.25) is 0 Å². The monoisotopic (exact) mass is 198 g/mol. The van der Waals surface area contributed by atoms with Crippen LogP contribution in [-0.4, -0.2) is 11.7 Å². The quantitative estimate of drug-likeness (QED) is 0.695. The van der Waals surface area contributed by atoms with Crippen molar-refractivity contribution in [1.29, 1.82) is 0 Å². The molecule has 3 heteroatoms. The third-order valence-corrected chi connectivity index (χ3v) is 2.73. The maximum absolute atomic E-state index is 9.57. The summed E-state index contributed by atoms with van der Waals surface area (Å²) < 4.78 is 5.44. The molecule has 13 heavy (non-hydrogen) atoms. The van der Waals surface area contributed by atoms with Crippen molar-refractivity contribution in [3.63, 3.8) is 0 Å². The maximum atomic E-state index is 9.57. The molecule has 1 heterocycles. The number of benzene rings is 1. The zero-order valence-corrected chi connectivity index (χ0v) is 8.19. The van der Waals surface area contributed by atoms with Crippen LogP contribution in [0.3, 0.4) is 0 Å². The Morgan fingerprint density at radius 3 is 3.08 bits per heavy atom. The van der Waals surface area contributed by atoms with E-state index in [0.29, 0.717) is 5.02 Å². The first-order valence-corrected chi connectivity index (χ1v) is 4.71. The predicted molar refractivity (Wildman–Crippen MR) is 51.7 cm³/mol. The highest BCUT2D eigenvalue weighted by Crippen LogP contribution is 2.39. The van der Waals surface area contributed by atoms with E-state index in [1.54, 1.807) is 0 Å². The zero-order chi connectivity index (χ0) is 9.42. The molecule has 0 fully saturated rings. The molecule has 2 rings (SSSR count). The smallest absolute Gasteiger partial charge is 0.137 e. The van der Waals surface area contributed by atoms with Gasteiger partial charge in [-0.1, -0.05) is 11.6 Å². The summed E-state index contributed by atoms with van der Waals surface area (Å²) in [5, 5.41) is 10.0. The van der Waals surface area contributed by atoms with E-state index in [9.17, 15) is 5.11 Å². The average molecular weight is 199 g/mol. The fraction of sp³-hybridized carbons (Fsp3) is 0.400. The molecule has 1 aliphatic rings. The van der Waals surface area contributed by atoms with Crippen LogP contribution in [0.1, 0.15) is 17.5 Å². The number of fused-ring (bicyclic) bond motifs is 1. The number of aromatic hydroxyl groups is 1. The van der Waals surface area contributed by atoms with Gasteiger partial charge in [0.15, 0.2) is 0 Å². The lowest BCUT2D eigenvalue weighted by molar-refractivity contribution is 0.287. The summed E-state index contributed by atoms with van der Waals surface area (Å²) in [5.41, 5.74) is 1.71. The normalized spacial score (nSPS) is 14.9. The molecule has 1 aromatic carbocycles. The van der Waals surface area contributed by atoms with E-state index in [-0.39, 0.29) is 5.75 Å². The number of hydrogen-bond donors (Lipinski definition) is 1. The summed E-state index contributed by atoms with van der Waals surface area (Å²) in [5.74, 6) is 1.01. The fourth-order valence-electron chi connectivity index (χ4n) is 1.57. The number of aryl methyl sites for hydroxylation is 1. The molecular weight excluding hydrogens is 188 g/mol. The van der Waals surface area contributed by atoms with Crippen LogP contribution in [0, 0.1) is 6.92 Å². The highest BCUT2D eigenvalue weighted by molar-refractivity contribution is 6.33. The summed E-state index contributed by atoms with van der Waals surface area (Å²) in [6.45, 7) is 2.56. The highest BCUT2D eigenvalue weighted by Gasteiger charge is 2.17. The second-order valence-corrected chi connectivity index (χ2v) is 3.66. The van der Waals surface area contributed by atoms with Crippen molar-refractivity contribution in [2.45, 2.75) is 19.8 Å². The largest absolute Gasteiger partial charge is 0.506 e. The summed E-state index contributed by atoms with van der Waals surface area (Å²) in [6.07, 6.45) is 1.86. The molecule has 70 valence electrons. The topological polar surface area (TPSA) is 29.5 Å². The van der Waals surface area contributed by atoms with Gasteiger partial charge in [-0.2, -0.15) is 0 Å². The van der Waals surface area contributed by atoms with Crippen LogP contribution >= 0.6 is 11.6 Å². The van der Waals surface area contributed by atoms with Crippen LogP contribution in [0.5, 0.6) is 11.5 Å². The van der Waals surface area contributed by atoms with Gasteiger partial charge in [0.05, 0.1) is 11.6 Å². The first-order valence-electron chi connectivity index (χ1n) is 4.34. The van der Waals surface area contributed by atoms with Crippen molar-refractivity contribution in [3.05, 3.63) is 22.2 Å². The Balaban J connectivity index is 2.60. The van der Waals surface area contributed by atoms with Gasteiger partial charge in [0.1, 0.15) is 11.5 Å². The molecule has 0 unspecified atom stereocenters. The van der Waals surface area contributed by atoms with E-state index in [2.05, 4.69) is 0 Å². The molecule has 0 aliphatic carbocycles. The van der Waals surface area contributed by atoms with Crippen LogP contribution in [0.4, 0.5) is 0 Å². The van der Waals surface area contributed by atoms with Crippen molar-refractivity contribution in [2.24, 2.45) is 0 Å². The minimum atomic E-state index is 0.186.